The number of primary amides is 1. The molecule has 1 aliphatic heterocycles. The summed E-state index contributed by atoms with van der Waals surface area (Å²) in [5.41, 5.74) is 7.01. The Bertz CT molecular complexity index is 447. The normalized spacial score (nSPS) is 20.2. The predicted octanol–water partition coefficient (Wildman–Crippen LogP) is 1.83. The molecule has 1 heterocycles. The summed E-state index contributed by atoms with van der Waals surface area (Å²) in [6, 6.07) is 5.22. The van der Waals surface area contributed by atoms with E-state index in [2.05, 4.69) is 4.90 Å². The lowest BCUT2D eigenvalue weighted by Gasteiger charge is -2.16. The highest BCUT2D eigenvalue weighted by atomic mass is 19.1. The molecule has 1 atom stereocenters. The molecule has 0 aliphatic carbocycles. The van der Waals surface area contributed by atoms with E-state index in [1.54, 1.807) is 6.92 Å². The van der Waals surface area contributed by atoms with E-state index in [0.717, 1.165) is 31.6 Å². The topological polar surface area (TPSA) is 46.3 Å². The lowest BCUT2D eigenvalue weighted by Crippen LogP contribution is -2.22. The molecular weight excluding hydrogens is 231 g/mol. The third kappa shape index (κ3) is 3.29. The van der Waals surface area contributed by atoms with Crippen LogP contribution in [0, 0.1) is 18.7 Å². The largest absolute Gasteiger partial charge is 0.370 e. The van der Waals surface area contributed by atoms with E-state index in [4.69, 9.17) is 5.73 Å². The minimum Gasteiger partial charge on any atom is -0.370 e. The molecular formula is C14H19FN2O. The van der Waals surface area contributed by atoms with Crippen LogP contribution in [0.25, 0.3) is 0 Å². The number of amides is 1. The molecule has 98 valence electrons. The molecule has 1 aromatic carbocycles. The van der Waals surface area contributed by atoms with Gasteiger partial charge in [0, 0.05) is 19.5 Å². The maximum Gasteiger partial charge on any atom is 0.217 e. The molecule has 1 aliphatic rings. The van der Waals surface area contributed by atoms with Gasteiger partial charge in [-0.1, -0.05) is 12.1 Å². The molecule has 1 aromatic rings. The zero-order valence-electron chi connectivity index (χ0n) is 10.7. The van der Waals surface area contributed by atoms with Crippen LogP contribution < -0.4 is 5.73 Å². The van der Waals surface area contributed by atoms with E-state index in [0.29, 0.717) is 17.9 Å². The summed E-state index contributed by atoms with van der Waals surface area (Å²) in [6.07, 6.45) is 1.49. The minimum atomic E-state index is -0.223. The summed E-state index contributed by atoms with van der Waals surface area (Å²) in [4.78, 5) is 13.2. The first kappa shape index (κ1) is 13.0. The Labute approximate surface area is 107 Å². The lowest BCUT2D eigenvalue weighted by molar-refractivity contribution is -0.118. The van der Waals surface area contributed by atoms with Crippen LogP contribution in [0.4, 0.5) is 4.39 Å². The molecule has 1 fully saturated rings. The first-order valence-electron chi connectivity index (χ1n) is 6.30. The van der Waals surface area contributed by atoms with Gasteiger partial charge >= 0.3 is 0 Å². The van der Waals surface area contributed by atoms with Gasteiger partial charge in [0.2, 0.25) is 5.91 Å². The van der Waals surface area contributed by atoms with Crippen molar-refractivity contribution in [3.8, 4) is 0 Å². The molecule has 1 amide bonds. The third-order valence-corrected chi connectivity index (χ3v) is 3.49. The quantitative estimate of drug-likeness (QED) is 0.886. The van der Waals surface area contributed by atoms with Crippen molar-refractivity contribution in [1.82, 2.24) is 4.90 Å². The molecule has 0 aromatic heterocycles. The Morgan fingerprint density at radius 1 is 1.56 bits per heavy atom. The number of rotatable bonds is 4. The highest BCUT2D eigenvalue weighted by Crippen LogP contribution is 2.21. The SMILES string of the molecule is Cc1cc(CN2CCC(CC(N)=O)C2)ccc1F. The van der Waals surface area contributed by atoms with Crippen molar-refractivity contribution >= 4 is 5.91 Å². The fourth-order valence-corrected chi connectivity index (χ4v) is 2.57. The Morgan fingerprint density at radius 2 is 2.33 bits per heavy atom. The maximum absolute atomic E-state index is 13.2. The number of benzene rings is 1. The zero-order valence-corrected chi connectivity index (χ0v) is 10.7. The van der Waals surface area contributed by atoms with Gasteiger partial charge in [0.1, 0.15) is 5.82 Å². The van der Waals surface area contributed by atoms with E-state index >= 15 is 0 Å². The monoisotopic (exact) mass is 250 g/mol. The van der Waals surface area contributed by atoms with Crippen LogP contribution in [0.3, 0.4) is 0 Å². The van der Waals surface area contributed by atoms with E-state index in [-0.39, 0.29) is 11.7 Å². The first-order chi connectivity index (χ1) is 8.54. The van der Waals surface area contributed by atoms with E-state index in [1.807, 2.05) is 12.1 Å². The maximum atomic E-state index is 13.2. The number of nitrogens with two attached hydrogens (primary N) is 1. The number of hydrogen-bond donors (Lipinski definition) is 1. The molecule has 1 saturated heterocycles. The fourth-order valence-electron chi connectivity index (χ4n) is 2.57. The number of nitrogens with zero attached hydrogens (tertiary/aromatic N) is 1. The van der Waals surface area contributed by atoms with Gasteiger partial charge in [-0.25, -0.2) is 4.39 Å². The van der Waals surface area contributed by atoms with E-state index in [1.165, 1.54) is 6.07 Å². The van der Waals surface area contributed by atoms with Crippen molar-refractivity contribution in [2.75, 3.05) is 13.1 Å². The highest BCUT2D eigenvalue weighted by molar-refractivity contribution is 5.74. The zero-order chi connectivity index (χ0) is 13.1. The van der Waals surface area contributed by atoms with Crippen LogP contribution >= 0.6 is 0 Å². The molecule has 2 N–H and O–H groups in total. The molecule has 0 saturated carbocycles. The second-order valence-corrected chi connectivity index (χ2v) is 5.14. The lowest BCUT2D eigenvalue weighted by atomic mass is 10.1. The van der Waals surface area contributed by atoms with E-state index in [9.17, 15) is 9.18 Å². The summed E-state index contributed by atoms with van der Waals surface area (Å²) in [5, 5.41) is 0. The molecule has 0 bridgehead atoms. The smallest absolute Gasteiger partial charge is 0.217 e. The summed E-state index contributed by atoms with van der Waals surface area (Å²) < 4.78 is 13.2. The Kier molecular flexibility index (Phi) is 3.97. The molecule has 2 rings (SSSR count). The van der Waals surface area contributed by atoms with Crippen LogP contribution in [0.1, 0.15) is 24.0 Å². The predicted molar refractivity (Wildman–Crippen MR) is 68.3 cm³/mol. The second kappa shape index (κ2) is 5.48. The first-order valence-corrected chi connectivity index (χ1v) is 6.30. The molecule has 18 heavy (non-hydrogen) atoms. The van der Waals surface area contributed by atoms with E-state index < -0.39 is 0 Å². The fraction of sp³-hybridized carbons (Fsp3) is 0.500. The van der Waals surface area contributed by atoms with Crippen molar-refractivity contribution in [3.63, 3.8) is 0 Å². The van der Waals surface area contributed by atoms with Gasteiger partial charge in [0.15, 0.2) is 0 Å². The summed E-state index contributed by atoms with van der Waals surface area (Å²) in [6.45, 7) is 4.48. The van der Waals surface area contributed by atoms with Gasteiger partial charge in [-0.2, -0.15) is 0 Å². The standard InChI is InChI=1S/C14H19FN2O/c1-10-6-11(2-3-13(10)15)8-17-5-4-12(9-17)7-14(16)18/h2-3,6,12H,4-5,7-9H2,1H3,(H2,16,18). The number of carbonyl (C=O) groups is 1. The van der Waals surface area contributed by atoms with Gasteiger partial charge in [-0.15, -0.1) is 0 Å². The highest BCUT2D eigenvalue weighted by Gasteiger charge is 2.23. The second-order valence-electron chi connectivity index (χ2n) is 5.14. The van der Waals surface area contributed by atoms with Crippen LogP contribution in [0.2, 0.25) is 0 Å². The van der Waals surface area contributed by atoms with Crippen LogP contribution in [-0.2, 0) is 11.3 Å². The number of halogens is 1. The number of likely N-dealkylation sites (tertiary alicyclic amines) is 1. The molecule has 4 heteroatoms. The van der Waals surface area contributed by atoms with Gasteiger partial charge in [0.05, 0.1) is 0 Å². The van der Waals surface area contributed by atoms with Crippen molar-refractivity contribution < 1.29 is 9.18 Å². The van der Waals surface area contributed by atoms with Crippen molar-refractivity contribution in [3.05, 3.63) is 35.1 Å². The average molecular weight is 250 g/mol. The van der Waals surface area contributed by atoms with Gasteiger partial charge in [0.25, 0.3) is 0 Å². The Morgan fingerprint density at radius 3 is 3.00 bits per heavy atom. The summed E-state index contributed by atoms with van der Waals surface area (Å²) in [5.74, 6) is -0.00435. The number of hydrogen-bond acceptors (Lipinski definition) is 2. The molecule has 0 radical (unpaired) electrons. The van der Waals surface area contributed by atoms with Gasteiger partial charge in [-0.3, -0.25) is 9.69 Å². The van der Waals surface area contributed by atoms with Crippen molar-refractivity contribution in [2.24, 2.45) is 11.7 Å². The Hall–Kier alpha value is -1.42. The number of carbonyl (C=O) groups excluding carboxylic acids is 1. The summed E-state index contributed by atoms with van der Waals surface area (Å²) >= 11 is 0. The van der Waals surface area contributed by atoms with Gasteiger partial charge < -0.3 is 5.73 Å². The van der Waals surface area contributed by atoms with Crippen LogP contribution in [0.15, 0.2) is 18.2 Å². The number of aryl methyl sites for hydroxylation is 1. The van der Waals surface area contributed by atoms with Crippen LogP contribution in [-0.4, -0.2) is 23.9 Å². The third-order valence-electron chi connectivity index (χ3n) is 3.49. The molecule has 0 spiro atoms. The van der Waals surface area contributed by atoms with Crippen molar-refractivity contribution in [2.45, 2.75) is 26.3 Å². The Balaban J connectivity index is 1.91. The summed E-state index contributed by atoms with van der Waals surface area (Å²) in [7, 11) is 0. The average Bonchev–Trinajstić information content (AvgIpc) is 2.70. The molecule has 3 nitrogen and oxygen atoms in total. The minimum absolute atomic E-state index is 0.160. The van der Waals surface area contributed by atoms with Crippen molar-refractivity contribution in [1.29, 1.82) is 0 Å². The molecule has 1 unspecified atom stereocenters. The van der Waals surface area contributed by atoms with Crippen LogP contribution in [0.5, 0.6) is 0 Å². The van der Waals surface area contributed by atoms with Gasteiger partial charge in [-0.05, 0) is 43.0 Å².